The van der Waals surface area contributed by atoms with Crippen LogP contribution >= 0.6 is 23.4 Å². The minimum Gasteiger partial charge on any atom is -0.396 e. The van der Waals surface area contributed by atoms with Crippen LogP contribution in [0.1, 0.15) is 19.3 Å². The average molecular weight is 339 g/mol. The molecule has 1 aromatic carbocycles. The molecule has 0 spiro atoms. The fourth-order valence-corrected chi connectivity index (χ4v) is 4.66. The Morgan fingerprint density at radius 1 is 1.50 bits per heavy atom. The van der Waals surface area contributed by atoms with Gasteiger partial charge >= 0.3 is 0 Å². The van der Waals surface area contributed by atoms with Crippen molar-refractivity contribution in [1.29, 1.82) is 0 Å². The molecule has 0 aromatic heterocycles. The van der Waals surface area contributed by atoms with Crippen molar-refractivity contribution in [2.75, 3.05) is 18.5 Å². The highest BCUT2D eigenvalue weighted by Gasteiger charge is 2.37. The quantitative estimate of drug-likeness (QED) is 0.809. The van der Waals surface area contributed by atoms with Crippen molar-refractivity contribution in [3.05, 3.63) is 23.0 Å². The fourth-order valence-electron chi connectivity index (χ4n) is 2.11. The number of nitrogen functional groups attached to an aromatic ring is 1. The number of hydrogen-bond acceptors (Lipinski definition) is 4. The number of nitrogens with one attached hydrogen (secondary N) is 1. The van der Waals surface area contributed by atoms with Gasteiger partial charge < -0.3 is 5.73 Å². The number of nitrogens with two attached hydrogens (primary N) is 1. The third-order valence-electron chi connectivity index (χ3n) is 3.60. The minimum absolute atomic E-state index is 0.0757. The number of sulfonamides is 1. The Morgan fingerprint density at radius 2 is 2.15 bits per heavy atom. The van der Waals surface area contributed by atoms with Crippen molar-refractivity contribution < 1.29 is 12.8 Å². The highest BCUT2D eigenvalue weighted by atomic mass is 35.5. The van der Waals surface area contributed by atoms with Crippen LogP contribution in [0.4, 0.5) is 10.1 Å². The van der Waals surface area contributed by atoms with Crippen LogP contribution < -0.4 is 10.5 Å². The Labute approximate surface area is 127 Å². The van der Waals surface area contributed by atoms with Gasteiger partial charge in [0.1, 0.15) is 4.90 Å². The van der Waals surface area contributed by atoms with E-state index < -0.39 is 20.7 Å². The SMILES string of the molecule is CSC1(CNS(=O)(=O)c2cc(Cl)cc(N)c2F)CCC1. The van der Waals surface area contributed by atoms with E-state index in [9.17, 15) is 12.8 Å². The van der Waals surface area contributed by atoms with Crippen molar-refractivity contribution >= 4 is 39.1 Å². The molecular weight excluding hydrogens is 323 g/mol. The van der Waals surface area contributed by atoms with Gasteiger partial charge in [-0.1, -0.05) is 18.0 Å². The maximum Gasteiger partial charge on any atom is 0.243 e. The van der Waals surface area contributed by atoms with Gasteiger partial charge in [-0.2, -0.15) is 11.8 Å². The summed E-state index contributed by atoms with van der Waals surface area (Å²) in [6.07, 6.45) is 4.94. The number of thioether (sulfide) groups is 1. The predicted molar refractivity (Wildman–Crippen MR) is 81.1 cm³/mol. The summed E-state index contributed by atoms with van der Waals surface area (Å²) in [5.41, 5.74) is 5.13. The zero-order valence-electron chi connectivity index (χ0n) is 10.9. The standard InChI is InChI=1S/C12H16ClFN2O2S2/c1-19-12(3-2-4-12)7-16-20(17,18)10-6-8(13)5-9(15)11(10)14/h5-6,16H,2-4,7,15H2,1H3. The van der Waals surface area contributed by atoms with Gasteiger partial charge in [0.15, 0.2) is 5.82 Å². The van der Waals surface area contributed by atoms with Gasteiger partial charge in [-0.15, -0.1) is 0 Å². The lowest BCUT2D eigenvalue weighted by atomic mass is 9.84. The maximum atomic E-state index is 13.9. The summed E-state index contributed by atoms with van der Waals surface area (Å²) in [7, 11) is -3.96. The van der Waals surface area contributed by atoms with E-state index in [0.717, 1.165) is 25.3 Å². The smallest absolute Gasteiger partial charge is 0.243 e. The molecule has 4 nitrogen and oxygen atoms in total. The first kappa shape index (κ1) is 15.9. The molecular formula is C12H16ClFN2O2S2. The van der Waals surface area contributed by atoms with Gasteiger partial charge in [-0.25, -0.2) is 17.5 Å². The Balaban J connectivity index is 2.23. The topological polar surface area (TPSA) is 72.2 Å². The van der Waals surface area contributed by atoms with Crippen LogP contribution in [0, 0.1) is 5.82 Å². The first-order valence-electron chi connectivity index (χ1n) is 6.09. The summed E-state index contributed by atoms with van der Waals surface area (Å²) < 4.78 is 40.6. The average Bonchev–Trinajstić information content (AvgIpc) is 2.32. The Bertz CT molecular complexity index is 613. The summed E-state index contributed by atoms with van der Waals surface area (Å²) in [6, 6.07) is 2.26. The number of halogens is 2. The van der Waals surface area contributed by atoms with Crippen LogP contribution in [0.5, 0.6) is 0 Å². The van der Waals surface area contributed by atoms with E-state index in [1.54, 1.807) is 11.8 Å². The molecule has 0 aliphatic heterocycles. The van der Waals surface area contributed by atoms with E-state index in [0.29, 0.717) is 0 Å². The number of benzene rings is 1. The Hall–Kier alpha value is -0.500. The van der Waals surface area contributed by atoms with E-state index in [4.69, 9.17) is 17.3 Å². The molecule has 1 aromatic rings. The number of rotatable bonds is 5. The maximum absolute atomic E-state index is 13.9. The predicted octanol–water partition coefficient (Wildman–Crippen LogP) is 2.63. The largest absolute Gasteiger partial charge is 0.396 e. The van der Waals surface area contributed by atoms with Crippen LogP contribution in [0.15, 0.2) is 17.0 Å². The molecule has 0 atom stereocenters. The van der Waals surface area contributed by atoms with Crippen molar-refractivity contribution in [2.24, 2.45) is 0 Å². The highest BCUT2D eigenvalue weighted by molar-refractivity contribution is 8.00. The van der Waals surface area contributed by atoms with Gasteiger partial charge in [-0.3, -0.25) is 0 Å². The minimum atomic E-state index is -3.96. The molecule has 2 rings (SSSR count). The molecule has 20 heavy (non-hydrogen) atoms. The lowest BCUT2D eigenvalue weighted by molar-refractivity contribution is 0.361. The number of hydrogen-bond donors (Lipinski definition) is 2. The van der Waals surface area contributed by atoms with Crippen LogP contribution in [0.2, 0.25) is 5.02 Å². The first-order chi connectivity index (χ1) is 9.30. The van der Waals surface area contributed by atoms with Crippen molar-refractivity contribution in [3.63, 3.8) is 0 Å². The molecule has 1 saturated carbocycles. The summed E-state index contributed by atoms with van der Waals surface area (Å²) in [5, 5.41) is 0.0903. The van der Waals surface area contributed by atoms with Crippen molar-refractivity contribution in [2.45, 2.75) is 28.9 Å². The van der Waals surface area contributed by atoms with Gasteiger partial charge in [-0.05, 0) is 31.2 Å². The molecule has 1 aliphatic rings. The van der Waals surface area contributed by atoms with Gasteiger partial charge in [0, 0.05) is 16.3 Å². The molecule has 1 fully saturated rings. The zero-order chi connectivity index (χ0) is 15.0. The fraction of sp³-hybridized carbons (Fsp3) is 0.500. The van der Waals surface area contributed by atoms with E-state index >= 15 is 0 Å². The summed E-state index contributed by atoms with van der Waals surface area (Å²) in [5.74, 6) is -0.964. The molecule has 0 unspecified atom stereocenters. The van der Waals surface area contributed by atoms with Crippen LogP contribution in [0.3, 0.4) is 0 Å². The highest BCUT2D eigenvalue weighted by Crippen LogP contribution is 2.42. The molecule has 1 aliphatic carbocycles. The third-order valence-corrected chi connectivity index (χ3v) is 6.64. The van der Waals surface area contributed by atoms with Gasteiger partial charge in [0.05, 0.1) is 5.69 Å². The van der Waals surface area contributed by atoms with Crippen molar-refractivity contribution in [1.82, 2.24) is 4.72 Å². The molecule has 0 saturated heterocycles. The van der Waals surface area contributed by atoms with Gasteiger partial charge in [0.2, 0.25) is 10.0 Å². The molecule has 3 N–H and O–H groups in total. The summed E-state index contributed by atoms with van der Waals surface area (Å²) in [6.45, 7) is 0.280. The molecule has 0 amide bonds. The molecule has 0 heterocycles. The third kappa shape index (κ3) is 3.05. The molecule has 8 heteroatoms. The Kier molecular flexibility index (Phi) is 4.53. The van der Waals surface area contributed by atoms with E-state index in [-0.39, 0.29) is 22.0 Å². The van der Waals surface area contributed by atoms with E-state index in [1.807, 2.05) is 6.26 Å². The van der Waals surface area contributed by atoms with Crippen molar-refractivity contribution in [3.8, 4) is 0 Å². The second-order valence-electron chi connectivity index (χ2n) is 4.87. The normalized spacial score (nSPS) is 17.8. The van der Waals surface area contributed by atoms with E-state index in [1.165, 1.54) is 6.07 Å². The van der Waals surface area contributed by atoms with Crippen LogP contribution in [0.25, 0.3) is 0 Å². The Morgan fingerprint density at radius 3 is 2.65 bits per heavy atom. The second-order valence-corrected chi connectivity index (χ2v) is 8.32. The summed E-state index contributed by atoms with van der Waals surface area (Å²) in [4.78, 5) is -0.502. The second kappa shape index (κ2) is 5.71. The number of anilines is 1. The van der Waals surface area contributed by atoms with E-state index in [2.05, 4.69) is 4.72 Å². The first-order valence-corrected chi connectivity index (χ1v) is 9.18. The zero-order valence-corrected chi connectivity index (χ0v) is 13.3. The van der Waals surface area contributed by atoms with Crippen LogP contribution in [-0.4, -0.2) is 26.0 Å². The monoisotopic (exact) mass is 338 g/mol. The molecule has 0 bridgehead atoms. The lowest BCUT2D eigenvalue weighted by Gasteiger charge is -2.40. The van der Waals surface area contributed by atoms with Crippen LogP contribution in [-0.2, 0) is 10.0 Å². The lowest BCUT2D eigenvalue weighted by Crippen LogP contribution is -2.45. The summed E-state index contributed by atoms with van der Waals surface area (Å²) >= 11 is 7.37. The molecule has 0 radical (unpaired) electrons. The molecule has 112 valence electrons. The van der Waals surface area contributed by atoms with Gasteiger partial charge in [0.25, 0.3) is 0 Å².